The summed E-state index contributed by atoms with van der Waals surface area (Å²) >= 11 is 1.54. The Morgan fingerprint density at radius 2 is 1.77 bits per heavy atom. The molecule has 2 N–H and O–H groups in total. The molecule has 22 heavy (non-hydrogen) atoms. The third kappa shape index (κ3) is 4.31. The number of rotatable bonds is 3. The first kappa shape index (κ1) is 17.4. The van der Waals surface area contributed by atoms with E-state index in [1.807, 2.05) is 17.0 Å². The Morgan fingerprint density at radius 1 is 1.18 bits per heavy atom. The van der Waals surface area contributed by atoms with Gasteiger partial charge in [0.2, 0.25) is 5.91 Å². The Labute approximate surface area is 142 Å². The molecule has 2 heterocycles. The molecular weight excluding hydrogens is 320 g/mol. The minimum atomic E-state index is 0. The topological polar surface area (TPSA) is 52.6 Å². The third-order valence-corrected chi connectivity index (χ3v) is 5.57. The first-order chi connectivity index (χ1) is 10.2. The van der Waals surface area contributed by atoms with Crippen LogP contribution in [-0.4, -0.2) is 47.8 Å². The lowest BCUT2D eigenvalue weighted by atomic mass is 9.92. The lowest BCUT2D eigenvalue weighted by Crippen LogP contribution is -2.34. The van der Waals surface area contributed by atoms with Crippen LogP contribution in [0.2, 0.25) is 0 Å². The Hall–Kier alpha value is -0.910. The fourth-order valence-electron chi connectivity index (χ4n) is 3.25. The molecule has 1 aromatic carbocycles. The fourth-order valence-corrected chi connectivity index (χ4v) is 4.05. The summed E-state index contributed by atoms with van der Waals surface area (Å²) in [5, 5.41) is 12.7. The zero-order chi connectivity index (χ0) is 14.7. The van der Waals surface area contributed by atoms with E-state index in [9.17, 15) is 9.90 Å². The van der Waals surface area contributed by atoms with Crippen LogP contribution < -0.4 is 5.32 Å². The number of benzene rings is 1. The van der Waals surface area contributed by atoms with Crippen molar-refractivity contribution in [2.75, 3.05) is 31.9 Å². The number of fused-ring (bicyclic) bond motifs is 1. The van der Waals surface area contributed by atoms with E-state index in [0.717, 1.165) is 55.8 Å². The molecule has 122 valence electrons. The molecule has 6 heteroatoms. The molecule has 2 aliphatic heterocycles. The van der Waals surface area contributed by atoms with Crippen molar-refractivity contribution in [3.8, 4) is 5.75 Å². The van der Waals surface area contributed by atoms with E-state index >= 15 is 0 Å². The van der Waals surface area contributed by atoms with E-state index in [0.29, 0.717) is 5.75 Å². The Kier molecular flexibility index (Phi) is 6.41. The number of aromatic hydroxyl groups is 1. The highest BCUT2D eigenvalue weighted by Gasteiger charge is 2.31. The van der Waals surface area contributed by atoms with E-state index in [4.69, 9.17) is 0 Å². The Morgan fingerprint density at radius 3 is 2.36 bits per heavy atom. The maximum Gasteiger partial charge on any atom is 0.232 e. The average Bonchev–Trinajstić information content (AvgIpc) is 2.85. The second-order valence-electron chi connectivity index (χ2n) is 5.92. The molecule has 0 aliphatic carbocycles. The molecule has 0 bridgehead atoms. The SMILES string of the molecule is Cl.O=C(CSc1ccc(O)cc1)N1CC[C@@H]2CNC[C@@H]2CC1. The predicted octanol–water partition coefficient (Wildman–Crippen LogP) is 2.36. The maximum atomic E-state index is 12.4. The number of halogens is 1. The zero-order valence-corrected chi connectivity index (χ0v) is 14.2. The summed E-state index contributed by atoms with van der Waals surface area (Å²) in [5.74, 6) is 2.50. The number of nitrogens with zero attached hydrogens (tertiary/aromatic N) is 1. The number of phenolic OH excluding ortho intramolecular Hbond substituents is 1. The normalized spacial score (nSPS) is 24.3. The van der Waals surface area contributed by atoms with Gasteiger partial charge in [-0.15, -0.1) is 24.2 Å². The first-order valence-electron chi connectivity index (χ1n) is 7.62. The molecule has 1 amide bonds. The summed E-state index contributed by atoms with van der Waals surface area (Å²) in [6.45, 7) is 4.04. The van der Waals surface area contributed by atoms with Crippen molar-refractivity contribution in [1.82, 2.24) is 10.2 Å². The van der Waals surface area contributed by atoms with Crippen molar-refractivity contribution < 1.29 is 9.90 Å². The molecule has 1 aromatic rings. The predicted molar refractivity (Wildman–Crippen MR) is 91.7 cm³/mol. The number of hydrogen-bond donors (Lipinski definition) is 2. The second kappa shape index (κ2) is 8.09. The number of carbonyl (C=O) groups excluding carboxylic acids is 1. The minimum absolute atomic E-state index is 0. The number of thioether (sulfide) groups is 1. The summed E-state index contributed by atoms with van der Waals surface area (Å²) in [7, 11) is 0. The van der Waals surface area contributed by atoms with Crippen LogP contribution in [0.1, 0.15) is 12.8 Å². The summed E-state index contributed by atoms with van der Waals surface area (Å²) in [6, 6.07) is 7.03. The summed E-state index contributed by atoms with van der Waals surface area (Å²) < 4.78 is 0. The molecule has 0 aromatic heterocycles. The molecule has 0 spiro atoms. The molecular formula is C16H23ClN2O2S. The molecule has 3 rings (SSSR count). The van der Waals surface area contributed by atoms with Gasteiger partial charge in [0.05, 0.1) is 5.75 Å². The summed E-state index contributed by atoms with van der Waals surface area (Å²) in [4.78, 5) is 15.4. The van der Waals surface area contributed by atoms with E-state index in [2.05, 4.69) is 5.32 Å². The third-order valence-electron chi connectivity index (χ3n) is 4.57. The highest BCUT2D eigenvalue weighted by Crippen LogP contribution is 2.28. The average molecular weight is 343 g/mol. The van der Waals surface area contributed by atoms with Crippen molar-refractivity contribution in [3.63, 3.8) is 0 Å². The largest absolute Gasteiger partial charge is 0.508 e. The number of likely N-dealkylation sites (tertiary alicyclic amines) is 1. The number of carbonyl (C=O) groups is 1. The van der Waals surface area contributed by atoms with Gasteiger partial charge in [0, 0.05) is 18.0 Å². The van der Waals surface area contributed by atoms with Crippen LogP contribution in [0.5, 0.6) is 5.75 Å². The van der Waals surface area contributed by atoms with E-state index in [1.54, 1.807) is 23.9 Å². The Balaban J connectivity index is 0.00000176. The van der Waals surface area contributed by atoms with E-state index in [-0.39, 0.29) is 24.1 Å². The Bertz CT molecular complexity index is 483. The van der Waals surface area contributed by atoms with Gasteiger partial charge in [0.1, 0.15) is 5.75 Å². The lowest BCUT2D eigenvalue weighted by Gasteiger charge is -2.20. The van der Waals surface area contributed by atoms with Crippen LogP contribution in [0.3, 0.4) is 0 Å². The van der Waals surface area contributed by atoms with Gasteiger partial charge >= 0.3 is 0 Å². The summed E-state index contributed by atoms with van der Waals surface area (Å²) in [6.07, 6.45) is 2.26. The van der Waals surface area contributed by atoms with Crippen molar-refractivity contribution >= 4 is 30.1 Å². The zero-order valence-electron chi connectivity index (χ0n) is 12.5. The van der Waals surface area contributed by atoms with Gasteiger partial charge in [0.25, 0.3) is 0 Å². The standard InChI is InChI=1S/C16H22N2O2S.ClH/c19-14-1-3-15(4-2-14)21-11-16(20)18-7-5-12-9-17-10-13(12)6-8-18;/h1-4,12-13,17,19H,5-11H2;1H/t12-,13+;. The van der Waals surface area contributed by atoms with Gasteiger partial charge in [-0.3, -0.25) is 4.79 Å². The van der Waals surface area contributed by atoms with Crippen LogP contribution in [0.15, 0.2) is 29.2 Å². The van der Waals surface area contributed by atoms with Crippen molar-refractivity contribution in [2.24, 2.45) is 11.8 Å². The van der Waals surface area contributed by atoms with E-state index < -0.39 is 0 Å². The van der Waals surface area contributed by atoms with Crippen LogP contribution in [-0.2, 0) is 4.79 Å². The van der Waals surface area contributed by atoms with Crippen LogP contribution in [0.4, 0.5) is 0 Å². The van der Waals surface area contributed by atoms with Gasteiger partial charge in [0.15, 0.2) is 0 Å². The second-order valence-corrected chi connectivity index (χ2v) is 6.97. The van der Waals surface area contributed by atoms with Gasteiger partial charge in [-0.1, -0.05) is 0 Å². The fraction of sp³-hybridized carbons (Fsp3) is 0.562. The molecule has 0 radical (unpaired) electrons. The smallest absolute Gasteiger partial charge is 0.232 e. The van der Waals surface area contributed by atoms with Crippen molar-refractivity contribution in [1.29, 1.82) is 0 Å². The molecule has 2 atom stereocenters. The van der Waals surface area contributed by atoms with Gasteiger partial charge in [-0.05, 0) is 62.0 Å². The maximum absolute atomic E-state index is 12.4. The quantitative estimate of drug-likeness (QED) is 0.828. The minimum Gasteiger partial charge on any atom is -0.508 e. The van der Waals surface area contributed by atoms with Crippen LogP contribution in [0, 0.1) is 11.8 Å². The monoisotopic (exact) mass is 342 g/mol. The molecule has 2 fully saturated rings. The lowest BCUT2D eigenvalue weighted by molar-refractivity contribution is -0.128. The number of nitrogens with one attached hydrogen (secondary N) is 1. The van der Waals surface area contributed by atoms with E-state index in [1.165, 1.54) is 0 Å². The molecule has 4 nitrogen and oxygen atoms in total. The van der Waals surface area contributed by atoms with Crippen molar-refractivity contribution in [2.45, 2.75) is 17.7 Å². The van der Waals surface area contributed by atoms with Gasteiger partial charge in [-0.25, -0.2) is 0 Å². The van der Waals surface area contributed by atoms with Gasteiger partial charge in [-0.2, -0.15) is 0 Å². The summed E-state index contributed by atoms with van der Waals surface area (Å²) in [5.41, 5.74) is 0. The number of hydrogen-bond acceptors (Lipinski definition) is 4. The van der Waals surface area contributed by atoms with Crippen LogP contribution >= 0.6 is 24.2 Å². The van der Waals surface area contributed by atoms with Crippen LogP contribution in [0.25, 0.3) is 0 Å². The first-order valence-corrected chi connectivity index (χ1v) is 8.61. The molecule has 2 saturated heterocycles. The highest BCUT2D eigenvalue weighted by molar-refractivity contribution is 8.00. The molecule has 0 saturated carbocycles. The molecule has 0 unspecified atom stereocenters. The highest BCUT2D eigenvalue weighted by atomic mass is 35.5. The number of phenols is 1. The van der Waals surface area contributed by atoms with Crippen molar-refractivity contribution in [3.05, 3.63) is 24.3 Å². The number of amides is 1. The molecule has 2 aliphatic rings. The van der Waals surface area contributed by atoms with Gasteiger partial charge < -0.3 is 15.3 Å².